The Kier molecular flexibility index (Phi) is 9.24. The monoisotopic (exact) mass is 311 g/mol. The summed E-state index contributed by atoms with van der Waals surface area (Å²) in [5, 5.41) is 0.812. The summed E-state index contributed by atoms with van der Waals surface area (Å²) in [4.78, 5) is 2.37. The fourth-order valence-corrected chi connectivity index (χ4v) is 3.08. The van der Waals surface area contributed by atoms with Crippen LogP contribution in [0.4, 0.5) is 0 Å². The van der Waals surface area contributed by atoms with Gasteiger partial charge >= 0.3 is 0 Å². The number of halogens is 1. The van der Waals surface area contributed by atoms with Crippen LogP contribution in [0.3, 0.4) is 0 Å². The predicted molar refractivity (Wildman–Crippen MR) is 97.4 cm³/mol. The molecule has 0 bridgehead atoms. The normalized spacial score (nSPS) is 15.4. The van der Waals surface area contributed by atoms with Gasteiger partial charge in [0.2, 0.25) is 0 Å². The lowest BCUT2D eigenvalue weighted by molar-refractivity contribution is 0.154. The Bertz CT molecular complexity index is 383. The van der Waals surface area contributed by atoms with E-state index in [1.807, 2.05) is 26.0 Å². The summed E-state index contributed by atoms with van der Waals surface area (Å²) in [5.41, 5.74) is 1.55. The van der Waals surface area contributed by atoms with Crippen molar-refractivity contribution in [2.75, 3.05) is 14.1 Å². The molecule has 21 heavy (non-hydrogen) atoms. The van der Waals surface area contributed by atoms with E-state index in [9.17, 15) is 0 Å². The van der Waals surface area contributed by atoms with Crippen molar-refractivity contribution in [3.63, 3.8) is 0 Å². The van der Waals surface area contributed by atoms with Crippen LogP contribution in [0, 0.1) is 5.92 Å². The molecule has 1 nitrogen and oxygen atoms in total. The predicted octanol–water partition coefficient (Wildman–Crippen LogP) is 6.01. The fraction of sp³-hybridized carbons (Fsp3) is 0.684. The second kappa shape index (κ2) is 9.48. The molecule has 0 radical (unpaired) electrons. The van der Waals surface area contributed by atoms with Gasteiger partial charge in [-0.05, 0) is 50.6 Å². The van der Waals surface area contributed by atoms with Gasteiger partial charge in [0, 0.05) is 16.5 Å². The van der Waals surface area contributed by atoms with Gasteiger partial charge in [-0.1, -0.05) is 65.3 Å². The van der Waals surface area contributed by atoms with Crippen molar-refractivity contribution in [3.8, 4) is 0 Å². The highest BCUT2D eigenvalue weighted by Crippen LogP contribution is 2.36. The Morgan fingerprint density at radius 1 is 1.10 bits per heavy atom. The first-order chi connectivity index (χ1) is 9.81. The highest BCUT2D eigenvalue weighted by Gasteiger charge is 2.35. The van der Waals surface area contributed by atoms with Crippen molar-refractivity contribution in [2.45, 2.75) is 65.8 Å². The molecule has 0 aliphatic heterocycles. The van der Waals surface area contributed by atoms with Crippen molar-refractivity contribution in [3.05, 3.63) is 34.9 Å². The quantitative estimate of drug-likeness (QED) is 0.621. The molecule has 0 amide bonds. The van der Waals surface area contributed by atoms with Crippen molar-refractivity contribution in [1.29, 1.82) is 0 Å². The van der Waals surface area contributed by atoms with Crippen molar-refractivity contribution >= 4 is 11.6 Å². The third kappa shape index (κ3) is 5.64. The summed E-state index contributed by atoms with van der Waals surface area (Å²) in [7, 11) is 4.38. The van der Waals surface area contributed by atoms with E-state index in [-0.39, 0.29) is 5.41 Å². The van der Waals surface area contributed by atoms with Gasteiger partial charge in [-0.2, -0.15) is 0 Å². The molecule has 0 saturated heterocycles. The minimum atomic E-state index is 0.165. The molecule has 1 aromatic carbocycles. The first-order valence-electron chi connectivity index (χ1n) is 8.23. The zero-order valence-electron chi connectivity index (χ0n) is 15.2. The van der Waals surface area contributed by atoms with E-state index in [0.717, 1.165) is 11.4 Å². The van der Waals surface area contributed by atoms with E-state index in [2.05, 4.69) is 58.8 Å². The molecule has 122 valence electrons. The first-order valence-corrected chi connectivity index (χ1v) is 8.61. The minimum Gasteiger partial charge on any atom is -0.306 e. The number of hydrogen-bond acceptors (Lipinski definition) is 1. The Balaban J connectivity index is 0.00000191. The van der Waals surface area contributed by atoms with Gasteiger partial charge in [0.25, 0.3) is 0 Å². The van der Waals surface area contributed by atoms with Crippen LogP contribution >= 0.6 is 11.6 Å². The molecule has 2 heteroatoms. The van der Waals surface area contributed by atoms with E-state index < -0.39 is 0 Å². The van der Waals surface area contributed by atoms with Gasteiger partial charge in [-0.25, -0.2) is 0 Å². The van der Waals surface area contributed by atoms with Crippen LogP contribution < -0.4 is 0 Å². The van der Waals surface area contributed by atoms with Crippen LogP contribution in [0.15, 0.2) is 24.3 Å². The summed E-state index contributed by atoms with van der Waals surface area (Å²) in [5.74, 6) is 0.700. The highest BCUT2D eigenvalue weighted by molar-refractivity contribution is 6.30. The number of likely N-dealkylation sites (N-methyl/N-ethyl adjacent to an activating group) is 1. The molecule has 2 unspecified atom stereocenters. The fourth-order valence-electron chi connectivity index (χ4n) is 2.95. The van der Waals surface area contributed by atoms with Gasteiger partial charge in [0.05, 0.1) is 0 Å². The zero-order valence-corrected chi connectivity index (χ0v) is 16.0. The van der Waals surface area contributed by atoms with Crippen LogP contribution in [-0.4, -0.2) is 25.0 Å². The van der Waals surface area contributed by atoms with Crippen molar-refractivity contribution < 1.29 is 0 Å². The SMILES string of the molecule is CC.CCC(C)(c1ccc(Cl)cc1)C(CC(C)C)N(C)C. The summed E-state index contributed by atoms with van der Waals surface area (Å²) in [6.07, 6.45) is 2.34. The number of benzene rings is 1. The molecule has 0 N–H and O–H groups in total. The second-order valence-corrected chi connectivity index (χ2v) is 6.82. The van der Waals surface area contributed by atoms with Gasteiger partial charge in [-0.3, -0.25) is 0 Å². The van der Waals surface area contributed by atoms with Gasteiger partial charge in [0.15, 0.2) is 0 Å². The molecule has 0 aliphatic rings. The van der Waals surface area contributed by atoms with Gasteiger partial charge in [0.1, 0.15) is 0 Å². The van der Waals surface area contributed by atoms with Crippen LogP contribution in [0.2, 0.25) is 5.02 Å². The summed E-state index contributed by atoms with van der Waals surface area (Å²) in [6, 6.07) is 8.92. The first kappa shape index (κ1) is 20.5. The van der Waals surface area contributed by atoms with E-state index >= 15 is 0 Å². The van der Waals surface area contributed by atoms with E-state index in [4.69, 9.17) is 11.6 Å². The zero-order chi connectivity index (χ0) is 16.6. The maximum atomic E-state index is 6.02. The molecule has 0 aliphatic carbocycles. The Labute approximate surface area is 137 Å². The number of nitrogens with zero attached hydrogens (tertiary/aromatic N) is 1. The molecule has 0 heterocycles. The maximum Gasteiger partial charge on any atom is 0.0406 e. The molecule has 0 saturated carbocycles. The Hall–Kier alpha value is -0.530. The van der Waals surface area contributed by atoms with Crippen LogP contribution in [0.1, 0.15) is 59.9 Å². The average Bonchev–Trinajstić information content (AvgIpc) is 2.46. The van der Waals surface area contributed by atoms with Crippen LogP contribution in [0.5, 0.6) is 0 Å². The molecular formula is C19H34ClN. The van der Waals surface area contributed by atoms with Crippen molar-refractivity contribution in [1.82, 2.24) is 4.90 Å². The number of hydrogen-bond donors (Lipinski definition) is 0. The molecular weight excluding hydrogens is 278 g/mol. The smallest absolute Gasteiger partial charge is 0.0406 e. The lowest BCUT2D eigenvalue weighted by atomic mass is 9.71. The third-order valence-corrected chi connectivity index (χ3v) is 4.54. The molecule has 1 rings (SSSR count). The maximum absolute atomic E-state index is 6.02. The molecule has 2 atom stereocenters. The number of rotatable bonds is 6. The topological polar surface area (TPSA) is 3.24 Å². The molecule has 0 spiro atoms. The lowest BCUT2D eigenvalue weighted by Gasteiger charge is -2.42. The van der Waals surface area contributed by atoms with Gasteiger partial charge in [-0.15, -0.1) is 0 Å². The molecule has 1 aromatic rings. The van der Waals surface area contributed by atoms with Crippen molar-refractivity contribution in [2.24, 2.45) is 5.92 Å². The second-order valence-electron chi connectivity index (χ2n) is 6.39. The van der Waals surface area contributed by atoms with Crippen LogP contribution in [-0.2, 0) is 5.41 Å². The largest absolute Gasteiger partial charge is 0.306 e. The highest BCUT2D eigenvalue weighted by atomic mass is 35.5. The third-order valence-electron chi connectivity index (χ3n) is 4.29. The van der Waals surface area contributed by atoms with E-state index in [1.165, 1.54) is 12.0 Å². The summed E-state index contributed by atoms with van der Waals surface area (Å²) in [6.45, 7) is 13.3. The Morgan fingerprint density at radius 3 is 1.90 bits per heavy atom. The van der Waals surface area contributed by atoms with Gasteiger partial charge < -0.3 is 4.90 Å². The van der Waals surface area contributed by atoms with E-state index in [0.29, 0.717) is 12.0 Å². The van der Waals surface area contributed by atoms with E-state index in [1.54, 1.807) is 0 Å². The molecule has 0 aromatic heterocycles. The summed E-state index contributed by atoms with van der Waals surface area (Å²) >= 11 is 6.02. The summed E-state index contributed by atoms with van der Waals surface area (Å²) < 4.78 is 0. The Morgan fingerprint density at radius 2 is 1.57 bits per heavy atom. The standard InChI is InChI=1S/C17H28ClN.C2H6/c1-7-17(4,14-8-10-15(18)11-9-14)16(19(5)6)12-13(2)3;1-2/h8-11,13,16H,7,12H2,1-6H3;1-2H3. The minimum absolute atomic E-state index is 0.165. The molecule has 0 fully saturated rings. The average molecular weight is 312 g/mol. The lowest BCUT2D eigenvalue weighted by Crippen LogP contribution is -2.46. The van der Waals surface area contributed by atoms with Crippen LogP contribution in [0.25, 0.3) is 0 Å².